The number of aliphatic carboxylic acids is 1. The summed E-state index contributed by atoms with van der Waals surface area (Å²) in [5.41, 5.74) is 1.59. The van der Waals surface area contributed by atoms with E-state index in [0.29, 0.717) is 6.42 Å². The number of H-pyrrole nitrogens is 1. The van der Waals surface area contributed by atoms with Crippen LogP contribution in [0.1, 0.15) is 44.2 Å². The van der Waals surface area contributed by atoms with E-state index < -0.39 is 11.9 Å². The topological polar surface area (TPSA) is 95.1 Å². The van der Waals surface area contributed by atoms with Gasteiger partial charge in [0.1, 0.15) is 0 Å². The van der Waals surface area contributed by atoms with Crippen molar-refractivity contribution in [3.63, 3.8) is 0 Å². The molecule has 3 N–H and O–H groups in total. The number of amides is 1. The quantitative estimate of drug-likeness (QED) is 0.803. The number of fused-ring (bicyclic) bond motifs is 1. The maximum absolute atomic E-state index is 12.4. The monoisotopic (exact) mass is 329 g/mol. The Morgan fingerprint density at radius 3 is 2.71 bits per heavy atom. The minimum absolute atomic E-state index is 0.152. The van der Waals surface area contributed by atoms with Crippen LogP contribution in [0.5, 0.6) is 0 Å². The third-order valence-corrected chi connectivity index (χ3v) is 4.81. The van der Waals surface area contributed by atoms with E-state index in [0.717, 1.165) is 48.7 Å². The number of aromatic nitrogens is 2. The van der Waals surface area contributed by atoms with E-state index >= 15 is 0 Å². The molecule has 6 heteroatoms. The SMILES string of the molecule is O=C(Cc1[nH]nc2ccccc12)NC1CCCCCCC1C(=O)O. The highest BCUT2D eigenvalue weighted by molar-refractivity contribution is 5.87. The van der Waals surface area contributed by atoms with Crippen molar-refractivity contribution in [2.45, 2.75) is 51.0 Å². The van der Waals surface area contributed by atoms with Gasteiger partial charge in [0.2, 0.25) is 5.91 Å². The summed E-state index contributed by atoms with van der Waals surface area (Å²) in [5.74, 6) is -1.46. The fraction of sp³-hybridized carbons (Fsp3) is 0.500. The van der Waals surface area contributed by atoms with Crippen molar-refractivity contribution in [2.75, 3.05) is 0 Å². The Kier molecular flexibility index (Phi) is 5.13. The number of carbonyl (C=O) groups excluding carboxylic acids is 1. The Labute approximate surface area is 140 Å². The summed E-state index contributed by atoms with van der Waals surface area (Å²) >= 11 is 0. The molecule has 1 fully saturated rings. The molecule has 0 spiro atoms. The van der Waals surface area contributed by atoms with Crippen molar-refractivity contribution in [1.82, 2.24) is 15.5 Å². The third-order valence-electron chi connectivity index (χ3n) is 4.81. The number of para-hydroxylation sites is 1. The number of hydrogen-bond acceptors (Lipinski definition) is 3. The minimum Gasteiger partial charge on any atom is -0.481 e. The Morgan fingerprint density at radius 1 is 1.17 bits per heavy atom. The standard InChI is InChI=1S/C18H23N3O3/c22-17(11-16-12-7-5-6-10-15(12)20-21-16)19-14-9-4-2-1-3-8-13(14)18(23)24/h5-7,10,13-14H,1-4,8-9,11H2,(H,19,22)(H,20,21)(H,23,24). The molecule has 2 aromatic rings. The average Bonchev–Trinajstić information content (AvgIpc) is 2.93. The molecule has 2 unspecified atom stereocenters. The zero-order valence-electron chi connectivity index (χ0n) is 13.6. The number of carboxylic acids is 1. The average molecular weight is 329 g/mol. The highest BCUT2D eigenvalue weighted by Gasteiger charge is 2.30. The van der Waals surface area contributed by atoms with Crippen LogP contribution in [-0.4, -0.2) is 33.2 Å². The summed E-state index contributed by atoms with van der Waals surface area (Å²) in [7, 11) is 0. The van der Waals surface area contributed by atoms with Crippen LogP contribution in [0.3, 0.4) is 0 Å². The largest absolute Gasteiger partial charge is 0.481 e. The first kappa shape index (κ1) is 16.5. The maximum atomic E-state index is 12.4. The molecule has 1 aliphatic carbocycles. The zero-order valence-corrected chi connectivity index (χ0v) is 13.6. The Hall–Kier alpha value is -2.37. The molecule has 0 radical (unpaired) electrons. The number of hydrogen-bond donors (Lipinski definition) is 3. The zero-order chi connectivity index (χ0) is 16.9. The first-order valence-electron chi connectivity index (χ1n) is 8.59. The predicted molar refractivity (Wildman–Crippen MR) is 90.6 cm³/mol. The summed E-state index contributed by atoms with van der Waals surface area (Å²) < 4.78 is 0. The highest BCUT2D eigenvalue weighted by Crippen LogP contribution is 2.23. The summed E-state index contributed by atoms with van der Waals surface area (Å²) in [6.07, 6.45) is 5.59. The number of rotatable bonds is 4. The van der Waals surface area contributed by atoms with Gasteiger partial charge in [-0.1, -0.05) is 43.9 Å². The van der Waals surface area contributed by atoms with Crippen molar-refractivity contribution in [3.05, 3.63) is 30.0 Å². The van der Waals surface area contributed by atoms with Gasteiger partial charge in [0.15, 0.2) is 0 Å². The van der Waals surface area contributed by atoms with Gasteiger partial charge >= 0.3 is 5.97 Å². The van der Waals surface area contributed by atoms with E-state index in [1.165, 1.54) is 0 Å². The molecule has 0 aliphatic heterocycles. The van der Waals surface area contributed by atoms with Gasteiger partial charge in [-0.25, -0.2) is 0 Å². The molecule has 1 heterocycles. The van der Waals surface area contributed by atoms with Gasteiger partial charge in [-0.15, -0.1) is 0 Å². The van der Waals surface area contributed by atoms with E-state index in [2.05, 4.69) is 15.5 Å². The molecule has 0 saturated heterocycles. The summed E-state index contributed by atoms with van der Waals surface area (Å²) in [5, 5.41) is 20.5. The summed E-state index contributed by atoms with van der Waals surface area (Å²) in [4.78, 5) is 24.0. The van der Waals surface area contributed by atoms with Crippen LogP contribution in [0.4, 0.5) is 0 Å². The van der Waals surface area contributed by atoms with Gasteiger partial charge in [-0.2, -0.15) is 5.10 Å². The fourth-order valence-electron chi connectivity index (χ4n) is 3.52. The van der Waals surface area contributed by atoms with Crippen molar-refractivity contribution in [1.29, 1.82) is 0 Å². The fourth-order valence-corrected chi connectivity index (χ4v) is 3.52. The molecule has 0 bridgehead atoms. The van der Waals surface area contributed by atoms with Crippen molar-refractivity contribution < 1.29 is 14.7 Å². The lowest BCUT2D eigenvalue weighted by atomic mass is 9.86. The molecule has 24 heavy (non-hydrogen) atoms. The van der Waals surface area contributed by atoms with Crippen molar-refractivity contribution in [2.24, 2.45) is 5.92 Å². The van der Waals surface area contributed by atoms with Crippen LogP contribution in [0, 0.1) is 5.92 Å². The maximum Gasteiger partial charge on any atom is 0.308 e. The second-order valence-corrected chi connectivity index (χ2v) is 6.51. The molecule has 2 atom stereocenters. The van der Waals surface area contributed by atoms with Crippen LogP contribution in [-0.2, 0) is 16.0 Å². The lowest BCUT2D eigenvalue weighted by Gasteiger charge is -2.27. The molecular formula is C18H23N3O3. The van der Waals surface area contributed by atoms with Crippen LogP contribution < -0.4 is 5.32 Å². The van der Waals surface area contributed by atoms with Gasteiger partial charge in [-0.3, -0.25) is 14.7 Å². The summed E-state index contributed by atoms with van der Waals surface area (Å²) in [6, 6.07) is 7.34. The number of nitrogens with zero attached hydrogens (tertiary/aromatic N) is 1. The second-order valence-electron chi connectivity index (χ2n) is 6.51. The normalized spacial score (nSPS) is 21.8. The highest BCUT2D eigenvalue weighted by atomic mass is 16.4. The van der Waals surface area contributed by atoms with Gasteiger partial charge in [0, 0.05) is 11.4 Å². The van der Waals surface area contributed by atoms with Crippen molar-refractivity contribution >= 4 is 22.8 Å². The van der Waals surface area contributed by atoms with E-state index in [-0.39, 0.29) is 18.4 Å². The molecule has 1 amide bonds. The number of carbonyl (C=O) groups is 2. The van der Waals surface area contributed by atoms with E-state index in [1.807, 2.05) is 24.3 Å². The molecule has 1 aliphatic rings. The minimum atomic E-state index is -0.811. The summed E-state index contributed by atoms with van der Waals surface area (Å²) in [6.45, 7) is 0. The molecule has 128 valence electrons. The molecule has 6 nitrogen and oxygen atoms in total. The first-order valence-corrected chi connectivity index (χ1v) is 8.59. The van der Waals surface area contributed by atoms with Gasteiger partial charge < -0.3 is 10.4 Å². The predicted octanol–water partition coefficient (Wildman–Crippen LogP) is 2.65. The van der Waals surface area contributed by atoms with E-state index in [1.54, 1.807) is 0 Å². The molecule has 1 aromatic heterocycles. The van der Waals surface area contributed by atoms with Gasteiger partial charge in [-0.05, 0) is 18.9 Å². The Bertz CT molecular complexity index is 725. The van der Waals surface area contributed by atoms with Gasteiger partial charge in [0.25, 0.3) is 0 Å². The molecule has 1 saturated carbocycles. The lowest BCUT2D eigenvalue weighted by Crippen LogP contribution is -2.44. The molecule has 3 rings (SSSR count). The number of benzene rings is 1. The second kappa shape index (κ2) is 7.47. The van der Waals surface area contributed by atoms with E-state index in [4.69, 9.17) is 0 Å². The van der Waals surface area contributed by atoms with Crippen LogP contribution in [0.25, 0.3) is 10.9 Å². The first-order chi connectivity index (χ1) is 11.6. The van der Waals surface area contributed by atoms with Crippen molar-refractivity contribution in [3.8, 4) is 0 Å². The number of carboxylic acid groups (broad SMARTS) is 1. The third kappa shape index (κ3) is 3.75. The Balaban J connectivity index is 1.68. The van der Waals surface area contributed by atoms with Gasteiger partial charge in [0.05, 0.1) is 23.5 Å². The van der Waals surface area contributed by atoms with Crippen LogP contribution in [0.2, 0.25) is 0 Å². The molecule has 1 aromatic carbocycles. The van der Waals surface area contributed by atoms with E-state index in [9.17, 15) is 14.7 Å². The number of aromatic amines is 1. The van der Waals surface area contributed by atoms with Crippen LogP contribution in [0.15, 0.2) is 24.3 Å². The lowest BCUT2D eigenvalue weighted by molar-refractivity contribution is -0.143. The Morgan fingerprint density at radius 2 is 1.92 bits per heavy atom. The van der Waals surface area contributed by atoms with Crippen LogP contribution >= 0.6 is 0 Å². The smallest absolute Gasteiger partial charge is 0.308 e. The molecular weight excluding hydrogens is 306 g/mol. The number of nitrogens with one attached hydrogen (secondary N) is 2.